The molecule has 0 radical (unpaired) electrons. The standard InChI is InChI=1S/C18H36NO13PS/c19-9-11(22)10(21)8(7-20)30-18(9)31-16-14(25)12(23)13(24)15(26)17(16)32-33(27,28)29-5-3-1-2-4-6-34/h8-18,20-26,34H,1-7,19H2,(H,27,28)/t8-,9-,10-,11-,12-,13-,14+,15-,16-,17-,18-/m1/s1. The minimum atomic E-state index is -4.83. The van der Waals surface area contributed by atoms with E-state index in [2.05, 4.69) is 12.6 Å². The van der Waals surface area contributed by atoms with Gasteiger partial charge in [0.05, 0.1) is 19.3 Å². The van der Waals surface area contributed by atoms with E-state index in [1.807, 2.05) is 0 Å². The zero-order chi connectivity index (χ0) is 25.6. The summed E-state index contributed by atoms with van der Waals surface area (Å²) in [6.45, 7) is -0.878. The molecule has 14 nitrogen and oxygen atoms in total. The number of phosphoric ester groups is 1. The summed E-state index contributed by atoms with van der Waals surface area (Å²) in [4.78, 5) is 10.1. The van der Waals surface area contributed by atoms with Gasteiger partial charge in [-0.1, -0.05) is 12.8 Å². The first-order valence-electron chi connectivity index (χ1n) is 11.0. The summed E-state index contributed by atoms with van der Waals surface area (Å²) in [5.41, 5.74) is 5.81. The molecule has 1 aliphatic carbocycles. The van der Waals surface area contributed by atoms with Gasteiger partial charge in [0, 0.05) is 0 Å². The van der Waals surface area contributed by atoms with Crippen LogP contribution in [0.5, 0.6) is 0 Å². The van der Waals surface area contributed by atoms with Crippen LogP contribution in [-0.4, -0.2) is 127 Å². The van der Waals surface area contributed by atoms with Gasteiger partial charge in [0.1, 0.15) is 54.9 Å². The van der Waals surface area contributed by atoms with Crippen molar-refractivity contribution in [1.82, 2.24) is 0 Å². The third-order valence-corrected chi connectivity index (χ3v) is 7.16. The summed E-state index contributed by atoms with van der Waals surface area (Å²) >= 11 is 4.09. The van der Waals surface area contributed by atoms with E-state index in [0.29, 0.717) is 18.6 Å². The van der Waals surface area contributed by atoms with E-state index in [1.54, 1.807) is 0 Å². The van der Waals surface area contributed by atoms with Gasteiger partial charge >= 0.3 is 7.82 Å². The third kappa shape index (κ3) is 7.54. The number of ether oxygens (including phenoxy) is 2. The third-order valence-electron chi connectivity index (χ3n) is 5.83. The first-order chi connectivity index (χ1) is 15.9. The monoisotopic (exact) mass is 537 g/mol. The van der Waals surface area contributed by atoms with Crippen LogP contribution in [0.2, 0.25) is 0 Å². The van der Waals surface area contributed by atoms with Crippen molar-refractivity contribution in [3.8, 4) is 0 Å². The molecule has 1 saturated heterocycles. The Morgan fingerprint density at radius 1 is 0.853 bits per heavy atom. The minimum Gasteiger partial charge on any atom is -0.394 e. The van der Waals surface area contributed by atoms with Crippen LogP contribution in [0.3, 0.4) is 0 Å². The fourth-order valence-electron chi connectivity index (χ4n) is 3.77. The average molecular weight is 538 g/mol. The lowest BCUT2D eigenvalue weighted by Crippen LogP contribution is -2.68. The molecule has 1 unspecified atom stereocenters. The second kappa shape index (κ2) is 13.6. The van der Waals surface area contributed by atoms with Gasteiger partial charge in [-0.3, -0.25) is 9.05 Å². The summed E-state index contributed by atoms with van der Waals surface area (Å²) in [7, 11) is -4.83. The molecule has 2 fully saturated rings. The second-order valence-electron chi connectivity index (χ2n) is 8.36. The van der Waals surface area contributed by atoms with Gasteiger partial charge in [0.2, 0.25) is 0 Å². The van der Waals surface area contributed by atoms with E-state index in [1.165, 1.54) is 0 Å². The number of nitrogens with two attached hydrogens (primary N) is 1. The van der Waals surface area contributed by atoms with Crippen molar-refractivity contribution in [2.45, 2.75) is 93.0 Å². The summed E-state index contributed by atoms with van der Waals surface area (Å²) in [6, 6.07) is -1.42. The largest absolute Gasteiger partial charge is 0.472 e. The van der Waals surface area contributed by atoms with Gasteiger partial charge in [-0.05, 0) is 18.6 Å². The van der Waals surface area contributed by atoms with Crippen LogP contribution in [0, 0.1) is 0 Å². The molecule has 0 spiro atoms. The molecule has 1 aliphatic heterocycles. The van der Waals surface area contributed by atoms with Crippen molar-refractivity contribution in [1.29, 1.82) is 0 Å². The quantitative estimate of drug-likeness (QED) is 0.0663. The molecule has 2 rings (SSSR count). The molecule has 1 heterocycles. The number of hydrogen-bond acceptors (Lipinski definition) is 14. The number of unbranched alkanes of at least 4 members (excludes halogenated alkanes) is 3. The van der Waals surface area contributed by atoms with E-state index >= 15 is 0 Å². The highest BCUT2D eigenvalue weighted by molar-refractivity contribution is 7.80. The fourth-order valence-corrected chi connectivity index (χ4v) is 4.97. The van der Waals surface area contributed by atoms with Gasteiger partial charge in [-0.15, -0.1) is 0 Å². The first kappa shape index (κ1) is 30.3. The Morgan fingerprint density at radius 2 is 1.44 bits per heavy atom. The van der Waals surface area contributed by atoms with Crippen molar-refractivity contribution in [3.05, 3.63) is 0 Å². The maximum atomic E-state index is 12.5. The zero-order valence-electron chi connectivity index (χ0n) is 18.4. The Balaban J connectivity index is 2.13. The number of aliphatic hydroxyl groups is 7. The molecule has 34 heavy (non-hydrogen) atoms. The molecule has 0 bridgehead atoms. The average Bonchev–Trinajstić information content (AvgIpc) is 2.80. The Kier molecular flexibility index (Phi) is 12.1. The topological polar surface area (TPSA) is 242 Å². The number of thiol groups is 1. The zero-order valence-corrected chi connectivity index (χ0v) is 20.2. The van der Waals surface area contributed by atoms with Crippen LogP contribution in [-0.2, 0) is 23.1 Å². The summed E-state index contributed by atoms with van der Waals surface area (Å²) in [6.07, 6.45) is -14.8. The SMILES string of the molecule is N[C@H]1[C@@H](O[C@@H]2[C@@H](O)[C@H](O)[C@@H](O)[C@@H](O)[C@H]2OP(=O)(O)OCCCCCCS)O[C@H](CO)[C@@H](O)[C@@H]1O. The lowest BCUT2D eigenvalue weighted by molar-refractivity contribution is -0.315. The summed E-state index contributed by atoms with van der Waals surface area (Å²) in [5.74, 6) is 0.712. The first-order valence-corrected chi connectivity index (χ1v) is 13.1. The van der Waals surface area contributed by atoms with Crippen molar-refractivity contribution >= 4 is 20.5 Å². The minimum absolute atomic E-state index is 0.151. The number of aliphatic hydroxyl groups excluding tert-OH is 7. The number of phosphoric acid groups is 1. The fraction of sp³-hybridized carbons (Fsp3) is 1.00. The number of rotatable bonds is 12. The molecular weight excluding hydrogens is 501 g/mol. The maximum Gasteiger partial charge on any atom is 0.472 e. The van der Waals surface area contributed by atoms with Crippen molar-refractivity contribution in [2.24, 2.45) is 5.73 Å². The normalized spacial score (nSPS) is 42.9. The van der Waals surface area contributed by atoms with E-state index < -0.39 is 81.7 Å². The molecular formula is C18H36NO13PS. The van der Waals surface area contributed by atoms with Gasteiger partial charge < -0.3 is 55.8 Å². The highest BCUT2D eigenvalue weighted by atomic mass is 32.1. The Morgan fingerprint density at radius 3 is 2.03 bits per heavy atom. The molecule has 12 atom stereocenters. The Labute approximate surface area is 202 Å². The smallest absolute Gasteiger partial charge is 0.394 e. The summed E-state index contributed by atoms with van der Waals surface area (Å²) in [5, 5.41) is 70.3. The molecule has 0 aromatic carbocycles. The van der Waals surface area contributed by atoms with Crippen molar-refractivity contribution < 1.29 is 63.7 Å². The van der Waals surface area contributed by atoms with E-state index in [-0.39, 0.29) is 6.61 Å². The predicted molar refractivity (Wildman–Crippen MR) is 118 cm³/mol. The van der Waals surface area contributed by atoms with Gasteiger partial charge in [0.15, 0.2) is 6.29 Å². The molecule has 1 saturated carbocycles. The molecule has 10 N–H and O–H groups in total. The predicted octanol–water partition coefficient (Wildman–Crippen LogP) is -3.41. The Hall–Kier alpha value is 0.0600. The van der Waals surface area contributed by atoms with Crippen LogP contribution in [0.4, 0.5) is 0 Å². The lowest BCUT2D eigenvalue weighted by atomic mass is 9.84. The summed E-state index contributed by atoms with van der Waals surface area (Å²) < 4.78 is 33.2. The van der Waals surface area contributed by atoms with E-state index in [4.69, 9.17) is 24.3 Å². The van der Waals surface area contributed by atoms with Crippen molar-refractivity contribution in [2.75, 3.05) is 19.0 Å². The Bertz CT molecular complexity index is 663. The van der Waals surface area contributed by atoms with Crippen LogP contribution in [0.15, 0.2) is 0 Å². The van der Waals surface area contributed by atoms with Crippen LogP contribution in [0.25, 0.3) is 0 Å². The van der Waals surface area contributed by atoms with Gasteiger partial charge in [0.25, 0.3) is 0 Å². The molecule has 0 aromatic heterocycles. The number of hydrogen-bond donors (Lipinski definition) is 10. The molecule has 0 amide bonds. The lowest BCUT2D eigenvalue weighted by Gasteiger charge is -2.47. The van der Waals surface area contributed by atoms with Gasteiger partial charge in [-0.2, -0.15) is 12.6 Å². The second-order valence-corrected chi connectivity index (χ2v) is 10.2. The van der Waals surface area contributed by atoms with E-state index in [0.717, 1.165) is 12.8 Å². The van der Waals surface area contributed by atoms with Crippen LogP contribution >= 0.6 is 20.5 Å². The van der Waals surface area contributed by atoms with Crippen LogP contribution < -0.4 is 5.73 Å². The molecule has 202 valence electrons. The van der Waals surface area contributed by atoms with Gasteiger partial charge in [-0.25, -0.2) is 4.57 Å². The molecule has 2 aliphatic rings. The molecule has 0 aromatic rings. The van der Waals surface area contributed by atoms with Crippen LogP contribution in [0.1, 0.15) is 25.7 Å². The maximum absolute atomic E-state index is 12.5. The highest BCUT2D eigenvalue weighted by Gasteiger charge is 2.55. The highest BCUT2D eigenvalue weighted by Crippen LogP contribution is 2.47. The van der Waals surface area contributed by atoms with E-state index in [9.17, 15) is 45.2 Å². The van der Waals surface area contributed by atoms with Crippen molar-refractivity contribution in [3.63, 3.8) is 0 Å². The molecule has 16 heteroatoms.